The molecule has 1 rings (SSSR count). The minimum absolute atomic E-state index is 0.386. The average Bonchev–Trinajstić information content (AvgIpc) is 2.17. The molecular weight excluding hydrogens is 212 g/mol. The molecule has 1 aromatic carbocycles. The molecule has 0 fully saturated rings. The molecule has 1 nitrogen and oxygen atoms in total. The van der Waals surface area contributed by atoms with Crippen molar-refractivity contribution in [1.82, 2.24) is 0 Å². The number of phenols is 1. The summed E-state index contributed by atoms with van der Waals surface area (Å²) in [7, 11) is 0. The molecule has 0 spiro atoms. The van der Waals surface area contributed by atoms with E-state index in [1.165, 1.54) is 5.56 Å². The number of rotatable bonds is 3. The van der Waals surface area contributed by atoms with Crippen molar-refractivity contribution in [2.75, 3.05) is 6.26 Å². The third-order valence-corrected chi connectivity index (χ3v) is 3.32. The lowest BCUT2D eigenvalue weighted by Crippen LogP contribution is -1.92. The third kappa shape index (κ3) is 2.39. The SMILES string of the molecule is CSc1cc(C(C)C)cc(CS)c1O. The monoisotopic (exact) mass is 228 g/mol. The Bertz CT molecular complexity index is 296. The lowest BCUT2D eigenvalue weighted by atomic mass is 10.0. The Hall–Kier alpha value is -0.280. The molecule has 0 radical (unpaired) electrons. The summed E-state index contributed by atoms with van der Waals surface area (Å²) in [6, 6.07) is 4.09. The highest BCUT2D eigenvalue weighted by Crippen LogP contribution is 2.34. The zero-order valence-electron chi connectivity index (χ0n) is 8.74. The smallest absolute Gasteiger partial charge is 0.133 e. The van der Waals surface area contributed by atoms with Crippen molar-refractivity contribution in [2.24, 2.45) is 0 Å². The van der Waals surface area contributed by atoms with Crippen molar-refractivity contribution in [3.05, 3.63) is 23.3 Å². The van der Waals surface area contributed by atoms with E-state index in [1.807, 2.05) is 12.3 Å². The molecule has 0 unspecified atom stereocenters. The van der Waals surface area contributed by atoms with Crippen LogP contribution in [0, 0.1) is 0 Å². The lowest BCUT2D eigenvalue weighted by molar-refractivity contribution is 0.457. The van der Waals surface area contributed by atoms with Gasteiger partial charge in [-0.1, -0.05) is 19.9 Å². The van der Waals surface area contributed by atoms with E-state index in [1.54, 1.807) is 11.8 Å². The van der Waals surface area contributed by atoms with Crippen LogP contribution in [0.3, 0.4) is 0 Å². The van der Waals surface area contributed by atoms with Crippen molar-refractivity contribution in [2.45, 2.75) is 30.4 Å². The van der Waals surface area contributed by atoms with E-state index >= 15 is 0 Å². The first-order valence-electron chi connectivity index (χ1n) is 4.60. The van der Waals surface area contributed by atoms with E-state index in [0.29, 0.717) is 17.4 Å². The Morgan fingerprint density at radius 2 is 2.07 bits per heavy atom. The zero-order chi connectivity index (χ0) is 10.7. The molecule has 0 aliphatic heterocycles. The molecule has 0 saturated carbocycles. The van der Waals surface area contributed by atoms with Crippen LogP contribution in [-0.4, -0.2) is 11.4 Å². The van der Waals surface area contributed by atoms with Gasteiger partial charge in [0, 0.05) is 16.2 Å². The van der Waals surface area contributed by atoms with Gasteiger partial charge >= 0.3 is 0 Å². The fraction of sp³-hybridized carbons (Fsp3) is 0.455. The molecule has 0 atom stereocenters. The summed E-state index contributed by atoms with van der Waals surface area (Å²) >= 11 is 5.78. The first-order chi connectivity index (χ1) is 6.60. The highest BCUT2D eigenvalue weighted by molar-refractivity contribution is 7.98. The molecule has 0 amide bonds. The van der Waals surface area contributed by atoms with Crippen LogP contribution in [0.25, 0.3) is 0 Å². The first-order valence-corrected chi connectivity index (χ1v) is 6.46. The highest BCUT2D eigenvalue weighted by atomic mass is 32.2. The number of hydrogen-bond acceptors (Lipinski definition) is 3. The van der Waals surface area contributed by atoms with Crippen LogP contribution in [0.15, 0.2) is 17.0 Å². The van der Waals surface area contributed by atoms with Gasteiger partial charge in [-0.2, -0.15) is 12.6 Å². The number of phenolic OH excluding ortho intramolecular Hbond substituents is 1. The molecule has 0 aliphatic rings. The van der Waals surface area contributed by atoms with Crippen molar-refractivity contribution in [1.29, 1.82) is 0 Å². The van der Waals surface area contributed by atoms with Crippen LogP contribution < -0.4 is 0 Å². The maximum Gasteiger partial charge on any atom is 0.133 e. The summed E-state index contributed by atoms with van der Waals surface area (Å²) < 4.78 is 0. The topological polar surface area (TPSA) is 20.2 Å². The number of aromatic hydroxyl groups is 1. The summed E-state index contributed by atoms with van der Waals surface area (Å²) in [6.45, 7) is 4.30. The van der Waals surface area contributed by atoms with E-state index in [9.17, 15) is 5.11 Å². The molecule has 0 aliphatic carbocycles. The molecule has 0 heterocycles. The van der Waals surface area contributed by atoms with Crippen LogP contribution >= 0.6 is 24.4 Å². The molecule has 78 valence electrons. The summed E-state index contributed by atoms with van der Waals surface area (Å²) in [5, 5.41) is 9.83. The normalized spacial score (nSPS) is 10.9. The van der Waals surface area contributed by atoms with Gasteiger partial charge in [-0.25, -0.2) is 0 Å². The predicted molar refractivity (Wildman–Crippen MR) is 66.7 cm³/mol. The second-order valence-corrected chi connectivity index (χ2v) is 4.71. The Labute approximate surface area is 95.3 Å². The minimum atomic E-state index is 0.386. The van der Waals surface area contributed by atoms with Crippen molar-refractivity contribution in [3.8, 4) is 5.75 Å². The second-order valence-electron chi connectivity index (χ2n) is 3.54. The fourth-order valence-electron chi connectivity index (χ4n) is 1.30. The molecule has 1 N–H and O–H groups in total. The molecule has 0 aromatic heterocycles. The van der Waals surface area contributed by atoms with Crippen molar-refractivity contribution >= 4 is 24.4 Å². The lowest BCUT2D eigenvalue weighted by Gasteiger charge is -2.12. The van der Waals surface area contributed by atoms with E-state index in [0.717, 1.165) is 10.5 Å². The van der Waals surface area contributed by atoms with Gasteiger partial charge < -0.3 is 5.11 Å². The van der Waals surface area contributed by atoms with Gasteiger partial charge in [-0.3, -0.25) is 0 Å². The Kier molecular flexibility index (Phi) is 4.20. The quantitative estimate of drug-likeness (QED) is 0.608. The summed E-state index contributed by atoms with van der Waals surface area (Å²) in [5.41, 5.74) is 2.18. The summed E-state index contributed by atoms with van der Waals surface area (Å²) in [6.07, 6.45) is 1.97. The van der Waals surface area contributed by atoms with Gasteiger partial charge in [0.25, 0.3) is 0 Å². The van der Waals surface area contributed by atoms with E-state index in [-0.39, 0.29) is 0 Å². The maximum atomic E-state index is 9.83. The molecule has 1 aromatic rings. The molecule has 0 saturated heterocycles. The highest BCUT2D eigenvalue weighted by Gasteiger charge is 2.09. The third-order valence-electron chi connectivity index (χ3n) is 2.23. The number of hydrogen-bond donors (Lipinski definition) is 2. The minimum Gasteiger partial charge on any atom is -0.506 e. The van der Waals surface area contributed by atoms with Crippen molar-refractivity contribution in [3.63, 3.8) is 0 Å². The Morgan fingerprint density at radius 1 is 1.43 bits per heavy atom. The first kappa shape index (κ1) is 11.8. The predicted octanol–water partition coefficient (Wildman–Crippen LogP) is 3.67. The van der Waals surface area contributed by atoms with Gasteiger partial charge in [-0.05, 0) is 23.8 Å². The Morgan fingerprint density at radius 3 is 2.50 bits per heavy atom. The van der Waals surface area contributed by atoms with Gasteiger partial charge in [-0.15, -0.1) is 11.8 Å². The number of thioether (sulfide) groups is 1. The van der Waals surface area contributed by atoms with Crippen LogP contribution in [0.1, 0.15) is 30.9 Å². The van der Waals surface area contributed by atoms with Gasteiger partial charge in [0.05, 0.1) is 0 Å². The zero-order valence-corrected chi connectivity index (χ0v) is 10.5. The standard InChI is InChI=1S/C11H16OS2/c1-7(2)8-4-9(6-13)11(12)10(5-8)14-3/h4-5,7,12-13H,6H2,1-3H3. The van der Waals surface area contributed by atoms with Gasteiger partial charge in [0.15, 0.2) is 0 Å². The van der Waals surface area contributed by atoms with Crippen molar-refractivity contribution < 1.29 is 5.11 Å². The molecule has 14 heavy (non-hydrogen) atoms. The molecule has 0 bridgehead atoms. The average molecular weight is 228 g/mol. The summed E-state index contributed by atoms with van der Waals surface area (Å²) in [5.74, 6) is 1.46. The van der Waals surface area contributed by atoms with E-state index < -0.39 is 0 Å². The number of thiol groups is 1. The molecule has 3 heteroatoms. The van der Waals surface area contributed by atoms with Crippen LogP contribution in [0.4, 0.5) is 0 Å². The largest absolute Gasteiger partial charge is 0.506 e. The maximum absolute atomic E-state index is 9.83. The summed E-state index contributed by atoms with van der Waals surface area (Å²) in [4.78, 5) is 0.945. The van der Waals surface area contributed by atoms with E-state index in [4.69, 9.17) is 0 Å². The van der Waals surface area contributed by atoms with Crippen LogP contribution in [0.5, 0.6) is 5.75 Å². The van der Waals surface area contributed by atoms with Crippen LogP contribution in [0.2, 0.25) is 0 Å². The Balaban J connectivity index is 3.25. The number of benzene rings is 1. The van der Waals surface area contributed by atoms with Gasteiger partial charge in [0.2, 0.25) is 0 Å². The second kappa shape index (κ2) is 4.99. The molecular formula is C11H16OS2. The van der Waals surface area contributed by atoms with Gasteiger partial charge in [0.1, 0.15) is 5.75 Å². The van der Waals surface area contributed by atoms with E-state index in [2.05, 4.69) is 32.5 Å². The fourth-order valence-corrected chi connectivity index (χ4v) is 2.12. The van der Waals surface area contributed by atoms with Crippen LogP contribution in [-0.2, 0) is 5.75 Å².